The summed E-state index contributed by atoms with van der Waals surface area (Å²) < 4.78 is 23.3. The van der Waals surface area contributed by atoms with Gasteiger partial charge < -0.3 is 4.90 Å². The average Bonchev–Trinajstić information content (AvgIpc) is 2.39. The highest BCUT2D eigenvalue weighted by Gasteiger charge is 2.33. The van der Waals surface area contributed by atoms with Gasteiger partial charge in [-0.25, -0.2) is 8.42 Å². The lowest BCUT2D eigenvalue weighted by Gasteiger charge is -2.31. The first-order valence-electron chi connectivity index (χ1n) is 6.05. The van der Waals surface area contributed by atoms with Crippen molar-refractivity contribution in [3.05, 3.63) is 27.5 Å². The number of nitrogens with zero attached hydrogens (tertiary/aromatic N) is 2. The molecule has 1 saturated heterocycles. The molecule has 110 valence electrons. The molecule has 0 aliphatic carbocycles. The highest BCUT2D eigenvalue weighted by atomic mass is 35.5. The SMILES string of the molecule is Cc1ncc(C(=O)N2CCS(=O)(=O)[C@@H](C)C2)c(Cl)c1Cl. The van der Waals surface area contributed by atoms with E-state index >= 15 is 0 Å². The molecule has 1 atom stereocenters. The third kappa shape index (κ3) is 2.77. The topological polar surface area (TPSA) is 67.3 Å². The lowest BCUT2D eigenvalue weighted by molar-refractivity contribution is 0.0760. The zero-order valence-corrected chi connectivity index (χ0v) is 13.4. The van der Waals surface area contributed by atoms with Gasteiger partial charge in [-0.2, -0.15) is 0 Å². The van der Waals surface area contributed by atoms with E-state index in [1.807, 2.05) is 0 Å². The molecule has 0 aromatic carbocycles. The molecule has 1 aliphatic heterocycles. The van der Waals surface area contributed by atoms with Gasteiger partial charge in [0.05, 0.1) is 32.3 Å². The summed E-state index contributed by atoms with van der Waals surface area (Å²) in [7, 11) is -3.10. The van der Waals surface area contributed by atoms with Crippen molar-refractivity contribution in [3.8, 4) is 0 Å². The molecule has 1 aliphatic rings. The van der Waals surface area contributed by atoms with Gasteiger partial charge in [-0.1, -0.05) is 23.2 Å². The van der Waals surface area contributed by atoms with Crippen LogP contribution in [0.2, 0.25) is 10.0 Å². The zero-order chi connectivity index (χ0) is 15.1. The molecule has 2 heterocycles. The Bertz CT molecular complexity index is 661. The molecule has 8 heteroatoms. The van der Waals surface area contributed by atoms with Crippen molar-refractivity contribution in [2.24, 2.45) is 0 Å². The number of rotatable bonds is 1. The molecular weight excluding hydrogens is 323 g/mol. The highest BCUT2D eigenvalue weighted by molar-refractivity contribution is 7.92. The van der Waals surface area contributed by atoms with Crippen molar-refractivity contribution < 1.29 is 13.2 Å². The quantitative estimate of drug-likeness (QED) is 0.786. The second-order valence-corrected chi connectivity index (χ2v) is 8.11. The number of aromatic nitrogens is 1. The summed E-state index contributed by atoms with van der Waals surface area (Å²) in [5, 5.41) is -0.173. The van der Waals surface area contributed by atoms with Gasteiger partial charge in [-0.05, 0) is 13.8 Å². The molecule has 0 radical (unpaired) electrons. The van der Waals surface area contributed by atoms with Gasteiger partial charge >= 0.3 is 0 Å². The third-order valence-electron chi connectivity index (χ3n) is 3.39. The summed E-state index contributed by atoms with van der Waals surface area (Å²) in [5.74, 6) is -0.379. The molecule has 0 saturated carbocycles. The Balaban J connectivity index is 2.28. The first kappa shape index (κ1) is 15.5. The smallest absolute Gasteiger partial charge is 0.257 e. The van der Waals surface area contributed by atoms with Gasteiger partial charge in [0.25, 0.3) is 5.91 Å². The van der Waals surface area contributed by atoms with E-state index in [1.165, 1.54) is 11.1 Å². The summed E-state index contributed by atoms with van der Waals surface area (Å²) in [6.45, 7) is 3.60. The second-order valence-electron chi connectivity index (χ2n) is 4.81. The lowest BCUT2D eigenvalue weighted by Crippen LogP contribution is -2.48. The van der Waals surface area contributed by atoms with Gasteiger partial charge in [0, 0.05) is 19.3 Å². The normalized spacial score (nSPS) is 21.8. The molecule has 20 heavy (non-hydrogen) atoms. The Morgan fingerprint density at radius 2 is 2.05 bits per heavy atom. The maximum absolute atomic E-state index is 12.4. The molecular formula is C12H14Cl2N2O3S. The number of sulfone groups is 1. The van der Waals surface area contributed by atoms with Crippen LogP contribution in [-0.2, 0) is 9.84 Å². The first-order valence-corrected chi connectivity index (χ1v) is 8.52. The van der Waals surface area contributed by atoms with Crippen molar-refractivity contribution in [2.75, 3.05) is 18.8 Å². The summed E-state index contributed by atoms with van der Waals surface area (Å²) in [5.41, 5.74) is 0.747. The molecule has 0 unspecified atom stereocenters. The number of carbonyl (C=O) groups excluding carboxylic acids is 1. The fourth-order valence-electron chi connectivity index (χ4n) is 2.01. The number of aryl methyl sites for hydroxylation is 1. The van der Waals surface area contributed by atoms with Crippen LogP contribution in [0.3, 0.4) is 0 Å². The van der Waals surface area contributed by atoms with E-state index in [9.17, 15) is 13.2 Å². The van der Waals surface area contributed by atoms with Gasteiger partial charge in [0.2, 0.25) is 0 Å². The maximum atomic E-state index is 12.4. The van der Waals surface area contributed by atoms with E-state index in [4.69, 9.17) is 23.2 Å². The van der Waals surface area contributed by atoms with Crippen LogP contribution in [0.4, 0.5) is 0 Å². The van der Waals surface area contributed by atoms with Crippen molar-refractivity contribution in [1.29, 1.82) is 0 Å². The monoisotopic (exact) mass is 336 g/mol. The molecule has 1 fully saturated rings. The van der Waals surface area contributed by atoms with Crippen LogP contribution in [0.15, 0.2) is 6.20 Å². The Hall–Kier alpha value is -0.850. The Morgan fingerprint density at radius 3 is 2.65 bits per heavy atom. The molecule has 1 amide bonds. The van der Waals surface area contributed by atoms with Crippen LogP contribution >= 0.6 is 23.2 Å². The molecule has 0 spiro atoms. The number of carbonyl (C=O) groups is 1. The van der Waals surface area contributed by atoms with Crippen LogP contribution in [0.5, 0.6) is 0 Å². The maximum Gasteiger partial charge on any atom is 0.257 e. The summed E-state index contributed by atoms with van der Waals surface area (Å²) in [4.78, 5) is 17.9. The van der Waals surface area contributed by atoms with Crippen LogP contribution < -0.4 is 0 Å². The number of hydrogen-bond acceptors (Lipinski definition) is 4. The van der Waals surface area contributed by atoms with Crippen LogP contribution in [-0.4, -0.2) is 48.3 Å². The Kier molecular flexibility index (Phi) is 4.27. The van der Waals surface area contributed by atoms with Crippen molar-refractivity contribution in [1.82, 2.24) is 9.88 Å². The van der Waals surface area contributed by atoms with Crippen molar-refractivity contribution in [2.45, 2.75) is 19.1 Å². The van der Waals surface area contributed by atoms with E-state index in [0.717, 1.165) is 0 Å². The summed E-state index contributed by atoms with van der Waals surface area (Å²) in [6, 6.07) is 0. The minimum atomic E-state index is -3.10. The second kappa shape index (κ2) is 5.50. The minimum absolute atomic E-state index is 0.0372. The van der Waals surface area contributed by atoms with E-state index < -0.39 is 15.1 Å². The van der Waals surface area contributed by atoms with Crippen molar-refractivity contribution in [3.63, 3.8) is 0 Å². The fourth-order valence-corrected chi connectivity index (χ4v) is 3.71. The number of hydrogen-bond donors (Lipinski definition) is 0. The van der Waals surface area contributed by atoms with E-state index in [1.54, 1.807) is 13.8 Å². The zero-order valence-electron chi connectivity index (χ0n) is 11.1. The van der Waals surface area contributed by atoms with E-state index in [0.29, 0.717) is 5.69 Å². The van der Waals surface area contributed by atoms with Gasteiger partial charge in [0.15, 0.2) is 9.84 Å². The van der Waals surface area contributed by atoms with Gasteiger partial charge in [0.1, 0.15) is 0 Å². The highest BCUT2D eigenvalue weighted by Crippen LogP contribution is 2.29. The Morgan fingerprint density at radius 1 is 1.40 bits per heavy atom. The standard InChI is InChI=1S/C12H14Cl2N2O3S/c1-7-6-16(3-4-20(7,18)19)12(17)9-5-15-8(2)10(13)11(9)14/h5,7H,3-4,6H2,1-2H3/t7-/m0/s1. The van der Waals surface area contributed by atoms with Crippen LogP contribution in [0.25, 0.3) is 0 Å². The third-order valence-corrected chi connectivity index (χ3v) is 6.47. The van der Waals surface area contributed by atoms with Crippen LogP contribution in [0, 0.1) is 6.92 Å². The van der Waals surface area contributed by atoms with Crippen LogP contribution in [0.1, 0.15) is 23.0 Å². The molecule has 1 aromatic rings. The number of halogens is 2. The predicted octanol–water partition coefficient (Wildman–Crippen LogP) is 1.96. The number of amides is 1. The van der Waals surface area contributed by atoms with Crippen molar-refractivity contribution >= 4 is 38.9 Å². The van der Waals surface area contributed by atoms with Gasteiger partial charge in [-0.15, -0.1) is 0 Å². The molecule has 0 bridgehead atoms. The number of pyridine rings is 1. The molecule has 1 aromatic heterocycles. The largest absolute Gasteiger partial charge is 0.336 e. The van der Waals surface area contributed by atoms with E-state index in [-0.39, 0.29) is 40.4 Å². The summed E-state index contributed by atoms with van der Waals surface area (Å²) >= 11 is 12.0. The molecule has 0 N–H and O–H groups in total. The first-order chi connectivity index (χ1) is 9.24. The molecule has 2 rings (SSSR count). The van der Waals surface area contributed by atoms with E-state index in [2.05, 4.69) is 4.98 Å². The average molecular weight is 337 g/mol. The minimum Gasteiger partial charge on any atom is -0.336 e. The Labute approximate surface area is 127 Å². The summed E-state index contributed by atoms with van der Waals surface area (Å²) in [6.07, 6.45) is 1.37. The van der Waals surface area contributed by atoms with Gasteiger partial charge in [-0.3, -0.25) is 9.78 Å². The molecule has 5 nitrogen and oxygen atoms in total. The fraction of sp³-hybridized carbons (Fsp3) is 0.500. The predicted molar refractivity (Wildman–Crippen MR) is 78.1 cm³/mol. The lowest BCUT2D eigenvalue weighted by atomic mass is 10.2.